The molecule has 1 heterocycles. The van der Waals surface area contributed by atoms with Gasteiger partial charge in [-0.2, -0.15) is 0 Å². The fourth-order valence-electron chi connectivity index (χ4n) is 3.23. The van der Waals surface area contributed by atoms with Crippen molar-refractivity contribution < 1.29 is 18.7 Å². The summed E-state index contributed by atoms with van der Waals surface area (Å²) in [7, 11) is 2.99. The number of nitrogens with one attached hydrogen (secondary N) is 1. The third-order valence-electron chi connectivity index (χ3n) is 4.83. The molecule has 0 bridgehead atoms. The Kier molecular flexibility index (Phi) is 7.34. The van der Waals surface area contributed by atoms with Crippen LogP contribution in [0.3, 0.4) is 0 Å². The van der Waals surface area contributed by atoms with E-state index in [1.165, 1.54) is 38.1 Å². The Morgan fingerprint density at radius 1 is 1.03 bits per heavy atom. The van der Waals surface area contributed by atoms with E-state index in [9.17, 15) is 9.18 Å². The van der Waals surface area contributed by atoms with Gasteiger partial charge in [0, 0.05) is 17.3 Å². The molecule has 0 saturated heterocycles. The Bertz CT molecular complexity index is 1300. The summed E-state index contributed by atoms with van der Waals surface area (Å²) >= 11 is 7.39. The predicted molar refractivity (Wildman–Crippen MR) is 131 cm³/mol. The van der Waals surface area contributed by atoms with E-state index in [4.69, 9.17) is 21.1 Å². The number of anilines is 1. The smallest absolute Gasteiger partial charge is 0.234 e. The molecule has 0 aliphatic carbocycles. The van der Waals surface area contributed by atoms with Crippen LogP contribution in [-0.2, 0) is 4.79 Å². The van der Waals surface area contributed by atoms with Crippen LogP contribution in [-0.4, -0.2) is 40.6 Å². The average molecular weight is 499 g/mol. The molecule has 0 fully saturated rings. The van der Waals surface area contributed by atoms with Gasteiger partial charge in [-0.1, -0.05) is 53.7 Å². The van der Waals surface area contributed by atoms with E-state index < -0.39 is 0 Å². The fraction of sp³-hybridized carbons (Fsp3) is 0.125. The van der Waals surface area contributed by atoms with Crippen molar-refractivity contribution >= 4 is 35.0 Å². The standard InChI is InChI=1S/C24H20ClFN4O3S/c1-32-20-13-21(33-2)19(12-18(20)25)27-22(31)14-34-24-29-28-23(15-6-4-3-5-7-15)30(24)17-10-8-16(26)9-11-17/h3-13H,14H2,1-2H3,(H,27,31). The van der Waals surface area contributed by atoms with Crippen molar-refractivity contribution in [1.29, 1.82) is 0 Å². The summed E-state index contributed by atoms with van der Waals surface area (Å²) in [6.45, 7) is 0. The number of halogens is 2. The van der Waals surface area contributed by atoms with Crippen molar-refractivity contribution in [3.05, 3.63) is 77.6 Å². The van der Waals surface area contributed by atoms with E-state index in [0.717, 1.165) is 5.56 Å². The molecule has 0 atom stereocenters. The van der Waals surface area contributed by atoms with Crippen LogP contribution in [0.15, 0.2) is 71.9 Å². The van der Waals surface area contributed by atoms with Crippen LogP contribution in [0.4, 0.5) is 10.1 Å². The van der Waals surface area contributed by atoms with Crippen molar-refractivity contribution in [3.8, 4) is 28.6 Å². The lowest BCUT2D eigenvalue weighted by Gasteiger charge is -2.13. The summed E-state index contributed by atoms with van der Waals surface area (Å²) in [6, 6.07) is 18.7. The van der Waals surface area contributed by atoms with Gasteiger partial charge in [0.25, 0.3) is 0 Å². The zero-order valence-corrected chi connectivity index (χ0v) is 19.9. The minimum Gasteiger partial charge on any atom is -0.495 e. The number of nitrogens with zero attached hydrogens (tertiary/aromatic N) is 3. The van der Waals surface area contributed by atoms with Gasteiger partial charge in [-0.05, 0) is 30.3 Å². The Balaban J connectivity index is 1.58. The third-order valence-corrected chi connectivity index (χ3v) is 6.05. The molecule has 1 N–H and O–H groups in total. The van der Waals surface area contributed by atoms with Gasteiger partial charge in [-0.15, -0.1) is 10.2 Å². The fourth-order valence-corrected chi connectivity index (χ4v) is 4.23. The molecule has 1 aromatic heterocycles. The number of carbonyl (C=O) groups excluding carboxylic acids is 1. The molecular formula is C24H20ClFN4O3S. The zero-order valence-electron chi connectivity index (χ0n) is 18.3. The topological polar surface area (TPSA) is 78.3 Å². The second kappa shape index (κ2) is 10.6. The molecule has 3 aromatic carbocycles. The third kappa shape index (κ3) is 5.16. The van der Waals surface area contributed by atoms with Gasteiger partial charge < -0.3 is 14.8 Å². The Labute approximate surface area is 204 Å². The predicted octanol–water partition coefficient (Wildman–Crippen LogP) is 5.47. The molecule has 7 nitrogen and oxygen atoms in total. The molecule has 0 saturated carbocycles. The monoisotopic (exact) mass is 498 g/mol. The number of benzene rings is 3. The van der Waals surface area contributed by atoms with Gasteiger partial charge in [0.2, 0.25) is 5.91 Å². The number of aromatic nitrogens is 3. The lowest BCUT2D eigenvalue weighted by molar-refractivity contribution is -0.113. The zero-order chi connectivity index (χ0) is 24.1. The Morgan fingerprint density at radius 2 is 1.74 bits per heavy atom. The molecule has 4 aromatic rings. The molecule has 1 amide bonds. The highest BCUT2D eigenvalue weighted by molar-refractivity contribution is 7.99. The Hall–Kier alpha value is -3.56. The van der Waals surface area contributed by atoms with Crippen LogP contribution in [0.5, 0.6) is 11.5 Å². The molecule has 0 radical (unpaired) electrons. The van der Waals surface area contributed by atoms with Crippen LogP contribution in [0, 0.1) is 5.82 Å². The highest BCUT2D eigenvalue weighted by Gasteiger charge is 2.18. The maximum atomic E-state index is 13.5. The maximum Gasteiger partial charge on any atom is 0.234 e. The largest absolute Gasteiger partial charge is 0.495 e. The number of hydrogen-bond acceptors (Lipinski definition) is 6. The number of rotatable bonds is 8. The molecule has 0 spiro atoms. The first-order chi connectivity index (χ1) is 16.5. The van der Waals surface area contributed by atoms with Crippen molar-refractivity contribution in [2.24, 2.45) is 0 Å². The number of amides is 1. The maximum absolute atomic E-state index is 13.5. The summed E-state index contributed by atoms with van der Waals surface area (Å²) in [5, 5.41) is 12.2. The van der Waals surface area contributed by atoms with Gasteiger partial charge >= 0.3 is 0 Å². The van der Waals surface area contributed by atoms with Gasteiger partial charge in [0.05, 0.1) is 30.7 Å². The van der Waals surface area contributed by atoms with E-state index in [1.54, 1.807) is 28.8 Å². The highest BCUT2D eigenvalue weighted by Crippen LogP contribution is 2.36. The van der Waals surface area contributed by atoms with E-state index in [0.29, 0.717) is 38.9 Å². The van der Waals surface area contributed by atoms with Crippen molar-refractivity contribution in [2.45, 2.75) is 5.16 Å². The summed E-state index contributed by atoms with van der Waals surface area (Å²) in [5.74, 6) is 0.838. The number of ether oxygens (including phenoxy) is 2. The second-order valence-corrected chi connectivity index (χ2v) is 8.36. The first-order valence-electron chi connectivity index (χ1n) is 10.1. The average Bonchev–Trinajstić information content (AvgIpc) is 3.28. The first kappa shape index (κ1) is 23.6. The minimum absolute atomic E-state index is 0.0426. The minimum atomic E-state index is -0.348. The number of carbonyl (C=O) groups is 1. The van der Waals surface area contributed by atoms with Crippen LogP contribution >= 0.6 is 23.4 Å². The van der Waals surface area contributed by atoms with Gasteiger partial charge in [-0.25, -0.2) is 4.39 Å². The molecule has 0 unspecified atom stereocenters. The number of methoxy groups -OCH3 is 2. The van der Waals surface area contributed by atoms with Crippen molar-refractivity contribution in [3.63, 3.8) is 0 Å². The highest BCUT2D eigenvalue weighted by atomic mass is 35.5. The van der Waals surface area contributed by atoms with Crippen molar-refractivity contribution in [2.75, 3.05) is 25.3 Å². The van der Waals surface area contributed by atoms with Gasteiger partial charge in [-0.3, -0.25) is 9.36 Å². The molecule has 0 aliphatic rings. The lowest BCUT2D eigenvalue weighted by Crippen LogP contribution is -2.15. The van der Waals surface area contributed by atoms with Gasteiger partial charge in [0.1, 0.15) is 17.3 Å². The Morgan fingerprint density at radius 3 is 2.41 bits per heavy atom. The van der Waals surface area contributed by atoms with Gasteiger partial charge in [0.15, 0.2) is 11.0 Å². The molecule has 0 aliphatic heterocycles. The van der Waals surface area contributed by atoms with Crippen LogP contribution < -0.4 is 14.8 Å². The van der Waals surface area contributed by atoms with Crippen LogP contribution in [0.2, 0.25) is 5.02 Å². The molecule has 4 rings (SSSR count). The quantitative estimate of drug-likeness (QED) is 0.324. The van der Waals surface area contributed by atoms with E-state index >= 15 is 0 Å². The number of thioether (sulfide) groups is 1. The summed E-state index contributed by atoms with van der Waals surface area (Å²) in [6.07, 6.45) is 0. The van der Waals surface area contributed by atoms with Crippen molar-refractivity contribution in [1.82, 2.24) is 14.8 Å². The van der Waals surface area contributed by atoms with E-state index in [1.807, 2.05) is 30.3 Å². The van der Waals surface area contributed by atoms with Crippen LogP contribution in [0.1, 0.15) is 0 Å². The molecule has 174 valence electrons. The molecule has 10 heteroatoms. The normalized spacial score (nSPS) is 10.7. The molecular weight excluding hydrogens is 479 g/mol. The molecule has 34 heavy (non-hydrogen) atoms. The first-order valence-corrected chi connectivity index (χ1v) is 11.5. The lowest BCUT2D eigenvalue weighted by atomic mass is 10.2. The van der Waals surface area contributed by atoms with Crippen LogP contribution in [0.25, 0.3) is 17.1 Å². The second-order valence-electron chi connectivity index (χ2n) is 7.01. The van der Waals surface area contributed by atoms with E-state index in [2.05, 4.69) is 15.5 Å². The summed E-state index contributed by atoms with van der Waals surface area (Å²) in [4.78, 5) is 12.7. The summed E-state index contributed by atoms with van der Waals surface area (Å²) < 4.78 is 25.8. The number of hydrogen-bond donors (Lipinski definition) is 1. The SMILES string of the molecule is COc1cc(OC)c(NC(=O)CSc2nnc(-c3ccccc3)n2-c2ccc(F)cc2)cc1Cl. The summed E-state index contributed by atoms with van der Waals surface area (Å²) in [5.41, 5.74) is 1.94. The van der Waals surface area contributed by atoms with E-state index in [-0.39, 0.29) is 17.5 Å².